The molecule has 2 atom stereocenters. The Morgan fingerprint density at radius 2 is 2.06 bits per heavy atom. The van der Waals surface area contributed by atoms with Gasteiger partial charge >= 0.3 is 0 Å². The first-order valence-corrected chi connectivity index (χ1v) is 6.08. The van der Waals surface area contributed by atoms with Crippen molar-refractivity contribution in [1.82, 2.24) is 0 Å². The van der Waals surface area contributed by atoms with Crippen molar-refractivity contribution in [2.24, 2.45) is 0 Å². The molecule has 3 heteroatoms. The molecule has 0 aromatic heterocycles. The van der Waals surface area contributed by atoms with E-state index in [2.05, 4.69) is 18.2 Å². The molecular weight excluding hydrogens is 228 g/mol. The maximum atomic E-state index is 5.87. The van der Waals surface area contributed by atoms with Crippen LogP contribution in [0, 0.1) is 0 Å². The minimum absolute atomic E-state index is 0.000805. The highest BCUT2D eigenvalue weighted by Crippen LogP contribution is 2.32. The van der Waals surface area contributed by atoms with Gasteiger partial charge in [-0.3, -0.25) is 0 Å². The number of hydrogen-bond donors (Lipinski definition) is 0. The zero-order valence-corrected chi connectivity index (χ0v) is 10.3. The highest BCUT2D eigenvalue weighted by atomic mass is 16.5. The number of ether oxygens (including phenoxy) is 3. The van der Waals surface area contributed by atoms with Gasteiger partial charge in [0.15, 0.2) is 0 Å². The third-order valence-corrected chi connectivity index (χ3v) is 3.33. The molecule has 18 heavy (non-hydrogen) atoms. The van der Waals surface area contributed by atoms with E-state index in [4.69, 9.17) is 14.2 Å². The van der Waals surface area contributed by atoms with Gasteiger partial charge in [0.25, 0.3) is 0 Å². The molecule has 0 bridgehead atoms. The monoisotopic (exact) mass is 244 g/mol. The van der Waals surface area contributed by atoms with Gasteiger partial charge in [-0.2, -0.15) is 0 Å². The normalized spacial score (nSPS) is 29.9. The molecule has 1 spiro atoms. The second kappa shape index (κ2) is 4.59. The van der Waals surface area contributed by atoms with Crippen molar-refractivity contribution < 1.29 is 14.2 Å². The van der Waals surface area contributed by atoms with E-state index in [9.17, 15) is 0 Å². The lowest BCUT2D eigenvalue weighted by Gasteiger charge is -2.30. The average molecular weight is 244 g/mol. The van der Waals surface area contributed by atoms with Crippen LogP contribution in [0.2, 0.25) is 0 Å². The van der Waals surface area contributed by atoms with Gasteiger partial charge in [-0.05, 0) is 29.8 Å². The summed E-state index contributed by atoms with van der Waals surface area (Å²) in [6, 6.07) is 7.94. The number of hydrogen-bond acceptors (Lipinski definition) is 3. The molecule has 0 aliphatic carbocycles. The van der Waals surface area contributed by atoms with E-state index in [1.165, 1.54) is 0 Å². The largest absolute Gasteiger partial charge is 0.497 e. The quantitative estimate of drug-likeness (QED) is 0.748. The van der Waals surface area contributed by atoms with E-state index in [1.54, 1.807) is 7.11 Å². The van der Waals surface area contributed by atoms with E-state index in [1.807, 2.05) is 30.3 Å². The minimum atomic E-state index is -0.330. The van der Waals surface area contributed by atoms with Crippen molar-refractivity contribution in [2.45, 2.75) is 11.7 Å². The molecule has 0 unspecified atom stereocenters. The van der Waals surface area contributed by atoms with Crippen LogP contribution in [-0.4, -0.2) is 25.9 Å². The van der Waals surface area contributed by atoms with Gasteiger partial charge in [0.05, 0.1) is 20.3 Å². The summed E-state index contributed by atoms with van der Waals surface area (Å²) in [7, 11) is 1.67. The fraction of sp³-hybridized carbons (Fsp3) is 0.333. The molecule has 3 nitrogen and oxygen atoms in total. The lowest BCUT2D eigenvalue weighted by Crippen LogP contribution is -2.34. The molecule has 3 rings (SSSR count). The molecule has 0 amide bonds. The van der Waals surface area contributed by atoms with Crippen LogP contribution in [-0.2, 0) is 9.47 Å². The third-order valence-electron chi connectivity index (χ3n) is 3.33. The minimum Gasteiger partial charge on any atom is -0.497 e. The fourth-order valence-electron chi connectivity index (χ4n) is 2.27. The highest BCUT2D eigenvalue weighted by Gasteiger charge is 2.32. The van der Waals surface area contributed by atoms with Crippen LogP contribution in [0.4, 0.5) is 0 Å². The van der Waals surface area contributed by atoms with Crippen LogP contribution in [0.5, 0.6) is 5.75 Å². The molecule has 0 saturated heterocycles. The highest BCUT2D eigenvalue weighted by molar-refractivity contribution is 5.32. The average Bonchev–Trinajstić information content (AvgIpc) is 2.88. The van der Waals surface area contributed by atoms with Gasteiger partial charge in [0, 0.05) is 0 Å². The molecule has 94 valence electrons. The molecule has 0 radical (unpaired) electrons. The van der Waals surface area contributed by atoms with Crippen LogP contribution in [0.25, 0.3) is 0 Å². The summed E-state index contributed by atoms with van der Waals surface area (Å²) in [5.41, 5.74) is 0.798. The van der Waals surface area contributed by atoms with E-state index >= 15 is 0 Å². The van der Waals surface area contributed by atoms with Gasteiger partial charge in [0.2, 0.25) is 0 Å². The van der Waals surface area contributed by atoms with Crippen molar-refractivity contribution in [2.75, 3.05) is 20.3 Å². The number of methoxy groups -OCH3 is 1. The second-order valence-electron chi connectivity index (χ2n) is 4.53. The van der Waals surface area contributed by atoms with E-state index in [0.29, 0.717) is 13.2 Å². The molecule has 2 heterocycles. The Hall–Kier alpha value is -1.58. The standard InChI is InChI=1S/C15H16O3/c1-16-13-5-3-12(4-6-13)14-7-9-15(11-17-14)8-2-10-18-15/h2-9,14H,10-11H2,1H3/t14-,15+/m0/s1. The summed E-state index contributed by atoms with van der Waals surface area (Å²) < 4.78 is 16.7. The molecule has 0 saturated carbocycles. The fourth-order valence-corrected chi connectivity index (χ4v) is 2.27. The molecular formula is C15H16O3. The van der Waals surface area contributed by atoms with Gasteiger partial charge in [-0.1, -0.05) is 24.3 Å². The topological polar surface area (TPSA) is 27.7 Å². The first kappa shape index (κ1) is 11.5. The molecule has 2 aliphatic heterocycles. The summed E-state index contributed by atoms with van der Waals surface area (Å²) in [4.78, 5) is 0. The van der Waals surface area contributed by atoms with E-state index in [0.717, 1.165) is 11.3 Å². The van der Waals surface area contributed by atoms with Crippen LogP contribution in [0.1, 0.15) is 11.7 Å². The van der Waals surface area contributed by atoms with Crippen molar-refractivity contribution in [3.05, 3.63) is 54.1 Å². The van der Waals surface area contributed by atoms with Crippen molar-refractivity contribution >= 4 is 0 Å². The zero-order chi connectivity index (χ0) is 12.4. The molecule has 0 fully saturated rings. The summed E-state index contributed by atoms with van der Waals surface area (Å²) in [5.74, 6) is 0.858. The van der Waals surface area contributed by atoms with Gasteiger partial charge in [-0.25, -0.2) is 0 Å². The van der Waals surface area contributed by atoms with E-state index in [-0.39, 0.29) is 11.7 Å². The maximum absolute atomic E-state index is 5.87. The van der Waals surface area contributed by atoms with Gasteiger partial charge < -0.3 is 14.2 Å². The lowest BCUT2D eigenvalue weighted by molar-refractivity contribution is -0.0464. The van der Waals surface area contributed by atoms with Crippen LogP contribution >= 0.6 is 0 Å². The summed E-state index contributed by atoms with van der Waals surface area (Å²) >= 11 is 0. The Balaban J connectivity index is 1.76. The first-order chi connectivity index (χ1) is 8.81. The molecule has 1 aromatic rings. The van der Waals surface area contributed by atoms with E-state index < -0.39 is 0 Å². The Morgan fingerprint density at radius 3 is 2.61 bits per heavy atom. The smallest absolute Gasteiger partial charge is 0.128 e. The predicted octanol–water partition coefficient (Wildman–Crippen LogP) is 2.65. The van der Waals surface area contributed by atoms with Crippen molar-refractivity contribution in [3.8, 4) is 5.75 Å². The summed E-state index contributed by atoms with van der Waals surface area (Å²) in [6.45, 7) is 1.23. The first-order valence-electron chi connectivity index (χ1n) is 6.08. The summed E-state index contributed by atoms with van der Waals surface area (Å²) in [6.07, 6.45) is 8.24. The van der Waals surface area contributed by atoms with Gasteiger partial charge in [-0.15, -0.1) is 0 Å². The predicted molar refractivity (Wildman–Crippen MR) is 68.7 cm³/mol. The Bertz CT molecular complexity index is 475. The molecule has 1 aromatic carbocycles. The second-order valence-corrected chi connectivity index (χ2v) is 4.53. The Labute approximate surface area is 107 Å². The maximum Gasteiger partial charge on any atom is 0.128 e. The molecule has 2 aliphatic rings. The number of rotatable bonds is 2. The Morgan fingerprint density at radius 1 is 1.22 bits per heavy atom. The summed E-state index contributed by atoms with van der Waals surface area (Å²) in [5, 5.41) is 0. The third kappa shape index (κ3) is 2.07. The molecule has 0 N–H and O–H groups in total. The Kier molecular flexibility index (Phi) is 2.94. The van der Waals surface area contributed by atoms with Gasteiger partial charge in [0.1, 0.15) is 17.5 Å². The van der Waals surface area contributed by atoms with Crippen LogP contribution < -0.4 is 4.74 Å². The zero-order valence-electron chi connectivity index (χ0n) is 10.3. The number of benzene rings is 1. The SMILES string of the molecule is COc1ccc([C@@H]2C=C[C@]3(C=CCO3)CO2)cc1. The van der Waals surface area contributed by atoms with Crippen LogP contribution in [0.3, 0.4) is 0 Å². The lowest BCUT2D eigenvalue weighted by atomic mass is 9.99. The van der Waals surface area contributed by atoms with Crippen molar-refractivity contribution in [3.63, 3.8) is 0 Å². The van der Waals surface area contributed by atoms with Crippen LogP contribution in [0.15, 0.2) is 48.6 Å². The van der Waals surface area contributed by atoms with Crippen molar-refractivity contribution in [1.29, 1.82) is 0 Å².